The molecular formula is C17H23NO3. The first-order valence-corrected chi connectivity index (χ1v) is 7.74. The molecule has 21 heavy (non-hydrogen) atoms. The number of carboxylic acids is 1. The maximum Gasteiger partial charge on any atom is 0.335 e. The van der Waals surface area contributed by atoms with Crippen LogP contribution < -0.4 is 5.32 Å². The Bertz CT molecular complexity index is 475. The molecular weight excluding hydrogens is 266 g/mol. The highest BCUT2D eigenvalue weighted by Gasteiger charge is 2.13. The lowest BCUT2D eigenvalue weighted by atomic mass is 9.87. The Balaban J connectivity index is 1.70. The molecule has 2 rings (SSSR count). The first-order chi connectivity index (χ1) is 10.1. The molecule has 2 N–H and O–H groups in total. The number of rotatable bonds is 6. The normalized spacial score (nSPS) is 15.6. The number of aromatic carboxylic acids is 1. The van der Waals surface area contributed by atoms with Crippen LogP contribution in [0.3, 0.4) is 0 Å². The molecule has 0 radical (unpaired) electrons. The van der Waals surface area contributed by atoms with Crippen molar-refractivity contribution >= 4 is 11.9 Å². The molecule has 0 aromatic heterocycles. The minimum atomic E-state index is -0.946. The zero-order valence-corrected chi connectivity index (χ0v) is 12.3. The molecule has 4 heteroatoms. The van der Waals surface area contributed by atoms with Gasteiger partial charge in [-0.1, -0.05) is 44.2 Å². The highest BCUT2D eigenvalue weighted by molar-refractivity contribution is 5.87. The Kier molecular flexibility index (Phi) is 5.78. The van der Waals surface area contributed by atoms with Crippen LogP contribution >= 0.6 is 0 Å². The number of carbonyl (C=O) groups is 2. The van der Waals surface area contributed by atoms with Crippen LogP contribution in [0.15, 0.2) is 24.3 Å². The van der Waals surface area contributed by atoms with Gasteiger partial charge < -0.3 is 10.4 Å². The first kappa shape index (κ1) is 15.5. The van der Waals surface area contributed by atoms with E-state index < -0.39 is 5.97 Å². The van der Waals surface area contributed by atoms with Crippen molar-refractivity contribution in [2.24, 2.45) is 5.92 Å². The van der Waals surface area contributed by atoms with Gasteiger partial charge in [0.15, 0.2) is 0 Å². The molecule has 4 nitrogen and oxygen atoms in total. The van der Waals surface area contributed by atoms with Crippen LogP contribution in [0.5, 0.6) is 0 Å². The van der Waals surface area contributed by atoms with E-state index in [1.54, 1.807) is 12.1 Å². The van der Waals surface area contributed by atoms with Gasteiger partial charge in [-0.15, -0.1) is 0 Å². The monoisotopic (exact) mass is 289 g/mol. The van der Waals surface area contributed by atoms with Crippen molar-refractivity contribution in [1.29, 1.82) is 0 Å². The molecule has 0 saturated heterocycles. The second kappa shape index (κ2) is 7.81. The molecule has 1 aliphatic carbocycles. The Morgan fingerprint density at radius 3 is 2.38 bits per heavy atom. The number of carboxylic acid groups (broad SMARTS) is 1. The van der Waals surface area contributed by atoms with E-state index in [4.69, 9.17) is 5.11 Å². The van der Waals surface area contributed by atoms with Crippen LogP contribution in [-0.4, -0.2) is 23.5 Å². The lowest BCUT2D eigenvalue weighted by Gasteiger charge is -2.21. The van der Waals surface area contributed by atoms with Crippen LogP contribution in [0, 0.1) is 5.92 Å². The quantitative estimate of drug-likeness (QED) is 0.846. The first-order valence-electron chi connectivity index (χ1n) is 7.74. The number of hydrogen-bond donors (Lipinski definition) is 2. The van der Waals surface area contributed by atoms with Gasteiger partial charge in [0, 0.05) is 6.54 Å². The summed E-state index contributed by atoms with van der Waals surface area (Å²) in [6.45, 7) is 0.747. The Hall–Kier alpha value is -1.84. The SMILES string of the molecule is O=C(Cc1ccc(C(=O)O)cc1)NCCC1CCCCC1. The molecule has 1 fully saturated rings. The molecule has 114 valence electrons. The second-order valence-corrected chi connectivity index (χ2v) is 5.82. The van der Waals surface area contributed by atoms with Crippen LogP contribution in [0.1, 0.15) is 54.4 Å². The van der Waals surface area contributed by atoms with Gasteiger partial charge in [0.25, 0.3) is 0 Å². The summed E-state index contributed by atoms with van der Waals surface area (Å²) in [5, 5.41) is 11.8. The van der Waals surface area contributed by atoms with E-state index in [1.807, 2.05) is 0 Å². The number of carbonyl (C=O) groups excluding carboxylic acids is 1. The molecule has 0 unspecified atom stereocenters. The largest absolute Gasteiger partial charge is 0.478 e. The summed E-state index contributed by atoms with van der Waals surface area (Å²) < 4.78 is 0. The number of nitrogens with one attached hydrogen (secondary N) is 1. The van der Waals surface area contributed by atoms with Crippen molar-refractivity contribution in [2.75, 3.05) is 6.54 Å². The maximum absolute atomic E-state index is 11.8. The molecule has 0 heterocycles. The highest BCUT2D eigenvalue weighted by Crippen LogP contribution is 2.25. The third-order valence-corrected chi connectivity index (χ3v) is 4.17. The van der Waals surface area contributed by atoms with Crippen LogP contribution in [0.25, 0.3) is 0 Å². The van der Waals surface area contributed by atoms with E-state index in [0.717, 1.165) is 24.4 Å². The van der Waals surface area contributed by atoms with E-state index in [2.05, 4.69) is 5.32 Å². The van der Waals surface area contributed by atoms with Gasteiger partial charge in [-0.3, -0.25) is 4.79 Å². The van der Waals surface area contributed by atoms with Gasteiger partial charge in [0.1, 0.15) is 0 Å². The molecule has 1 aromatic carbocycles. The molecule has 0 atom stereocenters. The summed E-state index contributed by atoms with van der Waals surface area (Å²) in [5.74, 6) is -0.165. The molecule has 0 spiro atoms. The number of benzene rings is 1. The minimum absolute atomic E-state index is 0.00823. The van der Waals surface area contributed by atoms with E-state index in [9.17, 15) is 9.59 Å². The number of hydrogen-bond acceptors (Lipinski definition) is 2. The van der Waals surface area contributed by atoms with Crippen molar-refractivity contribution in [3.05, 3.63) is 35.4 Å². The Morgan fingerprint density at radius 2 is 1.76 bits per heavy atom. The maximum atomic E-state index is 11.8. The Labute approximate surface area is 125 Å². The van der Waals surface area contributed by atoms with E-state index in [1.165, 1.54) is 44.2 Å². The molecule has 1 aromatic rings. The van der Waals surface area contributed by atoms with Crippen molar-refractivity contribution < 1.29 is 14.7 Å². The van der Waals surface area contributed by atoms with Gasteiger partial charge in [-0.2, -0.15) is 0 Å². The van der Waals surface area contributed by atoms with Gasteiger partial charge in [-0.05, 0) is 30.0 Å². The summed E-state index contributed by atoms with van der Waals surface area (Å²) in [7, 11) is 0. The summed E-state index contributed by atoms with van der Waals surface area (Å²) >= 11 is 0. The lowest BCUT2D eigenvalue weighted by molar-refractivity contribution is -0.120. The molecule has 1 saturated carbocycles. The fraction of sp³-hybridized carbons (Fsp3) is 0.529. The minimum Gasteiger partial charge on any atom is -0.478 e. The van der Waals surface area contributed by atoms with Crippen LogP contribution in [0.4, 0.5) is 0 Å². The summed E-state index contributed by atoms with van der Waals surface area (Å²) in [4.78, 5) is 22.6. The molecule has 1 amide bonds. The van der Waals surface area contributed by atoms with Gasteiger partial charge in [0.2, 0.25) is 5.91 Å². The average Bonchev–Trinajstić information content (AvgIpc) is 2.49. The third-order valence-electron chi connectivity index (χ3n) is 4.17. The van der Waals surface area contributed by atoms with Gasteiger partial charge in [0.05, 0.1) is 12.0 Å². The van der Waals surface area contributed by atoms with Gasteiger partial charge in [-0.25, -0.2) is 4.79 Å². The predicted octanol–water partition coefficient (Wildman–Crippen LogP) is 3.01. The smallest absolute Gasteiger partial charge is 0.335 e. The molecule has 0 bridgehead atoms. The van der Waals surface area contributed by atoms with Crippen molar-refractivity contribution in [3.63, 3.8) is 0 Å². The average molecular weight is 289 g/mol. The second-order valence-electron chi connectivity index (χ2n) is 5.82. The Morgan fingerprint density at radius 1 is 1.10 bits per heavy atom. The van der Waals surface area contributed by atoms with Crippen molar-refractivity contribution in [3.8, 4) is 0 Å². The van der Waals surface area contributed by atoms with Crippen LogP contribution in [0.2, 0.25) is 0 Å². The predicted molar refractivity (Wildman–Crippen MR) is 81.3 cm³/mol. The van der Waals surface area contributed by atoms with Gasteiger partial charge >= 0.3 is 5.97 Å². The third kappa shape index (κ3) is 5.21. The highest BCUT2D eigenvalue weighted by atomic mass is 16.4. The standard InChI is InChI=1S/C17H23NO3/c19-16(18-11-10-13-4-2-1-3-5-13)12-14-6-8-15(9-7-14)17(20)21/h6-9,13H,1-5,10-12H2,(H,18,19)(H,20,21). The van der Waals surface area contributed by atoms with Crippen LogP contribution in [-0.2, 0) is 11.2 Å². The summed E-state index contributed by atoms with van der Waals surface area (Å²) in [5.41, 5.74) is 1.09. The molecule has 1 aliphatic rings. The lowest BCUT2D eigenvalue weighted by Crippen LogP contribution is -2.27. The zero-order valence-electron chi connectivity index (χ0n) is 12.3. The fourth-order valence-electron chi connectivity index (χ4n) is 2.90. The summed E-state index contributed by atoms with van der Waals surface area (Å²) in [6, 6.07) is 6.47. The molecule has 0 aliphatic heterocycles. The van der Waals surface area contributed by atoms with Crippen molar-refractivity contribution in [2.45, 2.75) is 44.9 Å². The summed E-state index contributed by atoms with van der Waals surface area (Å²) in [6.07, 6.45) is 7.99. The van der Waals surface area contributed by atoms with E-state index in [-0.39, 0.29) is 11.5 Å². The topological polar surface area (TPSA) is 66.4 Å². The van der Waals surface area contributed by atoms with Crippen molar-refractivity contribution in [1.82, 2.24) is 5.32 Å². The number of amides is 1. The van der Waals surface area contributed by atoms with E-state index in [0.29, 0.717) is 6.42 Å². The zero-order chi connectivity index (χ0) is 15.1. The van der Waals surface area contributed by atoms with E-state index >= 15 is 0 Å². The fourth-order valence-corrected chi connectivity index (χ4v) is 2.90.